The second-order valence-electron chi connectivity index (χ2n) is 4.73. The molecular weight excluding hydrogens is 260 g/mol. The van der Waals surface area contributed by atoms with Gasteiger partial charge in [0.2, 0.25) is 5.91 Å². The van der Waals surface area contributed by atoms with E-state index in [0.717, 1.165) is 24.8 Å². The van der Waals surface area contributed by atoms with Gasteiger partial charge in [0.15, 0.2) is 0 Å². The predicted octanol–water partition coefficient (Wildman–Crippen LogP) is 3.21. The molecule has 1 rings (SSSR count). The Labute approximate surface area is 120 Å². The van der Waals surface area contributed by atoms with Crippen molar-refractivity contribution in [1.82, 2.24) is 4.90 Å². The molecule has 1 aromatic rings. The summed E-state index contributed by atoms with van der Waals surface area (Å²) in [6.45, 7) is 5.29. The second kappa shape index (κ2) is 8.18. The Morgan fingerprint density at radius 2 is 2.16 bits per heavy atom. The molecule has 0 aliphatic heterocycles. The molecule has 0 aromatic heterocycles. The standard InChI is InChI=1S/C15H23ClN2O/c1-3-5-9-14(17)15(19)18(4-2)11-12-7-6-8-13(16)10-12/h6-8,10,14H,3-5,9,11,17H2,1-2H3. The Kier molecular flexibility index (Phi) is 6.89. The van der Waals surface area contributed by atoms with E-state index >= 15 is 0 Å². The summed E-state index contributed by atoms with van der Waals surface area (Å²) in [5.41, 5.74) is 6.98. The molecule has 1 unspecified atom stereocenters. The first-order valence-corrected chi connectivity index (χ1v) is 7.25. The van der Waals surface area contributed by atoms with Crippen molar-refractivity contribution in [1.29, 1.82) is 0 Å². The third-order valence-electron chi connectivity index (χ3n) is 3.14. The summed E-state index contributed by atoms with van der Waals surface area (Å²) in [4.78, 5) is 14.0. The van der Waals surface area contributed by atoms with Crippen LogP contribution in [0.4, 0.5) is 0 Å². The topological polar surface area (TPSA) is 46.3 Å². The number of nitrogens with zero attached hydrogens (tertiary/aromatic N) is 1. The largest absolute Gasteiger partial charge is 0.337 e. The van der Waals surface area contributed by atoms with Crippen LogP contribution in [0.25, 0.3) is 0 Å². The normalized spacial score (nSPS) is 12.2. The molecular formula is C15H23ClN2O. The number of halogens is 1. The van der Waals surface area contributed by atoms with Crippen LogP contribution in [0.5, 0.6) is 0 Å². The summed E-state index contributed by atoms with van der Waals surface area (Å²) in [5, 5.41) is 0.691. The van der Waals surface area contributed by atoms with Gasteiger partial charge < -0.3 is 10.6 Å². The van der Waals surface area contributed by atoms with Crippen LogP contribution in [0.1, 0.15) is 38.7 Å². The van der Waals surface area contributed by atoms with Gasteiger partial charge in [-0.25, -0.2) is 0 Å². The van der Waals surface area contributed by atoms with Crippen LogP contribution in [-0.2, 0) is 11.3 Å². The predicted molar refractivity (Wildman–Crippen MR) is 80.0 cm³/mol. The molecule has 1 amide bonds. The molecule has 0 radical (unpaired) electrons. The third-order valence-corrected chi connectivity index (χ3v) is 3.38. The monoisotopic (exact) mass is 282 g/mol. The number of nitrogens with two attached hydrogens (primary N) is 1. The molecule has 0 heterocycles. The van der Waals surface area contributed by atoms with Crippen molar-refractivity contribution in [3.8, 4) is 0 Å². The average molecular weight is 283 g/mol. The molecule has 4 heteroatoms. The summed E-state index contributed by atoms with van der Waals surface area (Å²) in [5.74, 6) is 0.0240. The lowest BCUT2D eigenvalue weighted by atomic mass is 10.1. The van der Waals surface area contributed by atoms with E-state index < -0.39 is 0 Å². The number of likely N-dealkylation sites (N-methyl/N-ethyl adjacent to an activating group) is 1. The summed E-state index contributed by atoms with van der Waals surface area (Å²) in [6.07, 6.45) is 2.80. The summed E-state index contributed by atoms with van der Waals surface area (Å²) in [6, 6.07) is 7.19. The zero-order valence-corrected chi connectivity index (χ0v) is 12.5. The molecule has 0 aliphatic carbocycles. The zero-order valence-electron chi connectivity index (χ0n) is 11.7. The zero-order chi connectivity index (χ0) is 14.3. The summed E-state index contributed by atoms with van der Waals surface area (Å²) in [7, 11) is 0. The molecule has 0 saturated heterocycles. The summed E-state index contributed by atoms with van der Waals surface area (Å²) >= 11 is 5.95. The first-order chi connectivity index (χ1) is 9.08. The molecule has 3 nitrogen and oxygen atoms in total. The van der Waals surface area contributed by atoms with E-state index in [4.69, 9.17) is 17.3 Å². The Morgan fingerprint density at radius 3 is 2.74 bits per heavy atom. The van der Waals surface area contributed by atoms with Gasteiger partial charge in [0.25, 0.3) is 0 Å². The van der Waals surface area contributed by atoms with Crippen LogP contribution >= 0.6 is 11.6 Å². The van der Waals surface area contributed by atoms with Crippen LogP contribution in [0, 0.1) is 0 Å². The van der Waals surface area contributed by atoms with Crippen molar-refractivity contribution in [3.05, 3.63) is 34.9 Å². The van der Waals surface area contributed by atoms with Crippen LogP contribution < -0.4 is 5.73 Å². The maximum Gasteiger partial charge on any atom is 0.239 e. The van der Waals surface area contributed by atoms with Crippen LogP contribution in [0.2, 0.25) is 5.02 Å². The number of hydrogen-bond acceptors (Lipinski definition) is 2. The van der Waals surface area contributed by atoms with Crippen molar-refractivity contribution in [2.45, 2.75) is 45.7 Å². The lowest BCUT2D eigenvalue weighted by Crippen LogP contribution is -2.43. The highest BCUT2D eigenvalue weighted by atomic mass is 35.5. The van der Waals surface area contributed by atoms with Crippen molar-refractivity contribution in [2.24, 2.45) is 5.73 Å². The van der Waals surface area contributed by atoms with Gasteiger partial charge in [-0.2, -0.15) is 0 Å². The summed E-state index contributed by atoms with van der Waals surface area (Å²) < 4.78 is 0. The number of carbonyl (C=O) groups excluding carboxylic acids is 1. The average Bonchev–Trinajstić information content (AvgIpc) is 2.41. The lowest BCUT2D eigenvalue weighted by Gasteiger charge is -2.24. The van der Waals surface area contributed by atoms with Gasteiger partial charge in [-0.15, -0.1) is 0 Å². The van der Waals surface area contributed by atoms with E-state index in [1.165, 1.54) is 0 Å². The van der Waals surface area contributed by atoms with E-state index in [0.29, 0.717) is 18.1 Å². The van der Waals surface area contributed by atoms with E-state index in [-0.39, 0.29) is 11.9 Å². The molecule has 0 fully saturated rings. The fraction of sp³-hybridized carbons (Fsp3) is 0.533. The number of hydrogen-bond donors (Lipinski definition) is 1. The van der Waals surface area contributed by atoms with E-state index in [2.05, 4.69) is 6.92 Å². The Morgan fingerprint density at radius 1 is 1.42 bits per heavy atom. The van der Waals surface area contributed by atoms with Gasteiger partial charge >= 0.3 is 0 Å². The van der Waals surface area contributed by atoms with Gasteiger partial charge in [-0.3, -0.25) is 4.79 Å². The molecule has 19 heavy (non-hydrogen) atoms. The minimum absolute atomic E-state index is 0.0240. The van der Waals surface area contributed by atoms with Crippen LogP contribution in [0.3, 0.4) is 0 Å². The maximum atomic E-state index is 12.2. The minimum atomic E-state index is -0.390. The lowest BCUT2D eigenvalue weighted by molar-refractivity contribution is -0.133. The van der Waals surface area contributed by atoms with Crippen LogP contribution in [-0.4, -0.2) is 23.4 Å². The Bertz CT molecular complexity index is 409. The molecule has 0 bridgehead atoms. The minimum Gasteiger partial charge on any atom is -0.337 e. The number of benzene rings is 1. The fourth-order valence-corrected chi connectivity index (χ4v) is 2.20. The van der Waals surface area contributed by atoms with Gasteiger partial charge in [0, 0.05) is 18.1 Å². The van der Waals surface area contributed by atoms with Gasteiger partial charge in [0.05, 0.1) is 6.04 Å². The Balaban J connectivity index is 2.64. The highest BCUT2D eigenvalue weighted by Gasteiger charge is 2.19. The second-order valence-corrected chi connectivity index (χ2v) is 5.17. The van der Waals surface area contributed by atoms with Crippen molar-refractivity contribution in [3.63, 3.8) is 0 Å². The number of unbranched alkanes of at least 4 members (excludes halogenated alkanes) is 1. The van der Waals surface area contributed by atoms with Crippen LogP contribution in [0.15, 0.2) is 24.3 Å². The van der Waals surface area contributed by atoms with E-state index in [1.54, 1.807) is 4.90 Å². The highest BCUT2D eigenvalue weighted by Crippen LogP contribution is 2.13. The van der Waals surface area contributed by atoms with Gasteiger partial charge in [-0.05, 0) is 31.0 Å². The number of amides is 1. The first-order valence-electron chi connectivity index (χ1n) is 6.87. The molecule has 0 aliphatic rings. The van der Waals surface area contributed by atoms with Crippen molar-refractivity contribution in [2.75, 3.05) is 6.54 Å². The third kappa shape index (κ3) is 5.21. The highest BCUT2D eigenvalue weighted by molar-refractivity contribution is 6.30. The fourth-order valence-electron chi connectivity index (χ4n) is 1.98. The smallest absolute Gasteiger partial charge is 0.239 e. The van der Waals surface area contributed by atoms with E-state index in [1.807, 2.05) is 31.2 Å². The molecule has 2 N–H and O–H groups in total. The number of carbonyl (C=O) groups is 1. The molecule has 106 valence electrons. The first kappa shape index (κ1) is 16.0. The SMILES string of the molecule is CCCCC(N)C(=O)N(CC)Cc1cccc(Cl)c1. The maximum absolute atomic E-state index is 12.2. The van der Waals surface area contributed by atoms with Gasteiger partial charge in [-0.1, -0.05) is 43.5 Å². The van der Waals surface area contributed by atoms with Gasteiger partial charge in [0.1, 0.15) is 0 Å². The molecule has 0 saturated carbocycles. The Hall–Kier alpha value is -1.06. The molecule has 1 atom stereocenters. The number of rotatable bonds is 7. The molecule has 1 aromatic carbocycles. The van der Waals surface area contributed by atoms with Crippen molar-refractivity contribution >= 4 is 17.5 Å². The van der Waals surface area contributed by atoms with E-state index in [9.17, 15) is 4.79 Å². The molecule has 0 spiro atoms. The van der Waals surface area contributed by atoms with Crippen molar-refractivity contribution < 1.29 is 4.79 Å². The quantitative estimate of drug-likeness (QED) is 0.835.